The molecule has 0 amide bonds. The molecule has 3 heteroatoms. The minimum absolute atomic E-state index is 0.130. The molecule has 0 radical (unpaired) electrons. The largest absolute Gasteiger partial charge is 0.465 e. The van der Waals surface area contributed by atoms with E-state index in [1.165, 1.54) is 0 Å². The average molecular weight is 239 g/mol. The van der Waals surface area contributed by atoms with Crippen molar-refractivity contribution in [3.63, 3.8) is 0 Å². The van der Waals surface area contributed by atoms with Crippen LogP contribution in [0.15, 0.2) is 16.5 Å². The maximum Gasteiger partial charge on any atom is 0.117 e. The van der Waals surface area contributed by atoms with Gasteiger partial charge in [-0.25, -0.2) is 0 Å². The van der Waals surface area contributed by atoms with E-state index in [1.54, 1.807) is 0 Å². The highest BCUT2D eigenvalue weighted by molar-refractivity contribution is 5.06. The van der Waals surface area contributed by atoms with Gasteiger partial charge in [0.2, 0.25) is 0 Å². The average Bonchev–Trinajstić information content (AvgIpc) is 2.70. The molecule has 98 valence electrons. The summed E-state index contributed by atoms with van der Waals surface area (Å²) in [4.78, 5) is 0. The second-order valence-corrected chi connectivity index (χ2v) is 5.75. The fourth-order valence-electron chi connectivity index (χ4n) is 1.89. The standard InChI is InChI=1S/C14H25NO2/c1-5-12-6-7-13(17-12)9-15-11(10-16)8-14(2,3)4/h6-7,11,15-16H,5,8-10H2,1-4H3. The van der Waals surface area contributed by atoms with Crippen molar-refractivity contribution in [2.75, 3.05) is 6.61 Å². The second-order valence-electron chi connectivity index (χ2n) is 5.75. The highest BCUT2D eigenvalue weighted by atomic mass is 16.3. The molecule has 0 spiro atoms. The molecular formula is C14H25NO2. The van der Waals surface area contributed by atoms with E-state index in [1.807, 2.05) is 12.1 Å². The molecule has 0 aliphatic carbocycles. The number of aryl methyl sites for hydroxylation is 1. The number of hydrogen-bond acceptors (Lipinski definition) is 3. The molecular weight excluding hydrogens is 214 g/mol. The Kier molecular flexibility index (Phi) is 5.22. The van der Waals surface area contributed by atoms with Crippen LogP contribution in [0.3, 0.4) is 0 Å². The third kappa shape index (κ3) is 5.37. The van der Waals surface area contributed by atoms with Crippen LogP contribution in [0.1, 0.15) is 45.6 Å². The van der Waals surface area contributed by atoms with Gasteiger partial charge in [0.25, 0.3) is 0 Å². The molecule has 1 unspecified atom stereocenters. The third-order valence-corrected chi connectivity index (χ3v) is 2.71. The summed E-state index contributed by atoms with van der Waals surface area (Å²) in [6.45, 7) is 9.46. The molecule has 0 fully saturated rings. The zero-order valence-corrected chi connectivity index (χ0v) is 11.4. The number of nitrogens with one attached hydrogen (secondary N) is 1. The summed E-state index contributed by atoms with van der Waals surface area (Å²) in [7, 11) is 0. The molecule has 0 saturated heterocycles. The van der Waals surface area contributed by atoms with Gasteiger partial charge >= 0.3 is 0 Å². The van der Waals surface area contributed by atoms with Gasteiger partial charge in [0, 0.05) is 12.5 Å². The summed E-state index contributed by atoms with van der Waals surface area (Å²) >= 11 is 0. The molecule has 17 heavy (non-hydrogen) atoms. The summed E-state index contributed by atoms with van der Waals surface area (Å²) < 4.78 is 5.61. The Morgan fingerprint density at radius 3 is 2.41 bits per heavy atom. The molecule has 0 bridgehead atoms. The van der Waals surface area contributed by atoms with Crippen LogP contribution in [0, 0.1) is 5.41 Å². The van der Waals surface area contributed by atoms with Crippen LogP contribution >= 0.6 is 0 Å². The van der Waals surface area contributed by atoms with Crippen molar-refractivity contribution < 1.29 is 9.52 Å². The smallest absolute Gasteiger partial charge is 0.117 e. The normalized spacial score (nSPS) is 13.9. The lowest BCUT2D eigenvalue weighted by atomic mass is 9.88. The SMILES string of the molecule is CCc1ccc(CNC(CO)CC(C)(C)C)o1. The van der Waals surface area contributed by atoms with E-state index in [0.717, 1.165) is 24.4 Å². The number of hydrogen-bond donors (Lipinski definition) is 2. The van der Waals surface area contributed by atoms with Crippen molar-refractivity contribution in [3.8, 4) is 0 Å². The summed E-state index contributed by atoms with van der Waals surface area (Å²) in [6.07, 6.45) is 1.87. The molecule has 3 nitrogen and oxygen atoms in total. The molecule has 0 aliphatic rings. The van der Waals surface area contributed by atoms with Crippen molar-refractivity contribution in [1.29, 1.82) is 0 Å². The first-order valence-corrected chi connectivity index (χ1v) is 6.36. The molecule has 1 heterocycles. The number of aliphatic hydroxyl groups is 1. The van der Waals surface area contributed by atoms with Crippen molar-refractivity contribution >= 4 is 0 Å². The zero-order chi connectivity index (χ0) is 12.9. The molecule has 0 saturated carbocycles. The van der Waals surface area contributed by atoms with E-state index in [0.29, 0.717) is 6.54 Å². The van der Waals surface area contributed by atoms with Crippen molar-refractivity contribution in [1.82, 2.24) is 5.32 Å². The van der Waals surface area contributed by atoms with E-state index >= 15 is 0 Å². The van der Waals surface area contributed by atoms with Crippen molar-refractivity contribution in [2.24, 2.45) is 5.41 Å². The van der Waals surface area contributed by atoms with Gasteiger partial charge in [0.05, 0.1) is 13.2 Å². The first kappa shape index (κ1) is 14.3. The van der Waals surface area contributed by atoms with Crippen LogP contribution in [0.25, 0.3) is 0 Å². The van der Waals surface area contributed by atoms with Gasteiger partial charge in [-0.05, 0) is 24.0 Å². The maximum atomic E-state index is 9.33. The van der Waals surface area contributed by atoms with Crippen LogP contribution < -0.4 is 5.32 Å². The van der Waals surface area contributed by atoms with Gasteiger partial charge in [-0.3, -0.25) is 0 Å². The fraction of sp³-hybridized carbons (Fsp3) is 0.714. The van der Waals surface area contributed by atoms with E-state index in [-0.39, 0.29) is 18.1 Å². The molecule has 0 aliphatic heterocycles. The fourth-order valence-corrected chi connectivity index (χ4v) is 1.89. The Hall–Kier alpha value is -0.800. The lowest BCUT2D eigenvalue weighted by Crippen LogP contribution is -2.35. The van der Waals surface area contributed by atoms with Crippen LogP contribution in [0.4, 0.5) is 0 Å². The lowest BCUT2D eigenvalue weighted by Gasteiger charge is -2.25. The Morgan fingerprint density at radius 2 is 1.94 bits per heavy atom. The molecule has 1 atom stereocenters. The van der Waals surface area contributed by atoms with Crippen LogP contribution in [0.2, 0.25) is 0 Å². The summed E-state index contributed by atoms with van der Waals surface area (Å²) in [5, 5.41) is 12.7. The molecule has 1 rings (SSSR count). The van der Waals surface area contributed by atoms with Crippen LogP contribution in [-0.4, -0.2) is 17.8 Å². The van der Waals surface area contributed by atoms with Gasteiger partial charge < -0.3 is 14.8 Å². The zero-order valence-electron chi connectivity index (χ0n) is 11.4. The topological polar surface area (TPSA) is 45.4 Å². The Labute approximate surface area is 104 Å². The summed E-state index contributed by atoms with van der Waals surface area (Å²) in [6, 6.07) is 4.14. The Bertz CT molecular complexity index is 325. The van der Waals surface area contributed by atoms with Crippen molar-refractivity contribution in [2.45, 2.75) is 53.1 Å². The Morgan fingerprint density at radius 1 is 1.29 bits per heavy atom. The minimum atomic E-state index is 0.130. The summed E-state index contributed by atoms with van der Waals surface area (Å²) in [5.41, 5.74) is 0.220. The predicted molar refractivity (Wildman–Crippen MR) is 69.9 cm³/mol. The first-order valence-electron chi connectivity index (χ1n) is 6.36. The van der Waals surface area contributed by atoms with Gasteiger partial charge in [0.1, 0.15) is 11.5 Å². The number of rotatable bonds is 6. The quantitative estimate of drug-likeness (QED) is 0.802. The second kappa shape index (κ2) is 6.22. The number of aliphatic hydroxyl groups excluding tert-OH is 1. The van der Waals surface area contributed by atoms with Gasteiger partial charge in [-0.15, -0.1) is 0 Å². The highest BCUT2D eigenvalue weighted by Gasteiger charge is 2.17. The van der Waals surface area contributed by atoms with Crippen LogP contribution in [-0.2, 0) is 13.0 Å². The number of furan rings is 1. The molecule has 1 aromatic heterocycles. The van der Waals surface area contributed by atoms with Gasteiger partial charge in [-0.1, -0.05) is 27.7 Å². The lowest BCUT2D eigenvalue weighted by molar-refractivity contribution is 0.195. The molecule has 0 aromatic carbocycles. The predicted octanol–water partition coefficient (Wildman–Crippen LogP) is 2.73. The van der Waals surface area contributed by atoms with E-state index < -0.39 is 0 Å². The highest BCUT2D eigenvalue weighted by Crippen LogP contribution is 2.20. The van der Waals surface area contributed by atoms with Gasteiger partial charge in [-0.2, -0.15) is 0 Å². The van der Waals surface area contributed by atoms with Gasteiger partial charge in [0.15, 0.2) is 0 Å². The molecule has 2 N–H and O–H groups in total. The third-order valence-electron chi connectivity index (χ3n) is 2.71. The minimum Gasteiger partial charge on any atom is -0.465 e. The van der Waals surface area contributed by atoms with E-state index in [9.17, 15) is 5.11 Å². The van der Waals surface area contributed by atoms with Crippen molar-refractivity contribution in [3.05, 3.63) is 23.7 Å². The van der Waals surface area contributed by atoms with E-state index in [4.69, 9.17) is 4.42 Å². The molecule has 1 aromatic rings. The first-order chi connectivity index (χ1) is 7.94. The Balaban J connectivity index is 2.42. The van der Waals surface area contributed by atoms with E-state index in [2.05, 4.69) is 33.0 Å². The summed E-state index contributed by atoms with van der Waals surface area (Å²) in [5.74, 6) is 1.95. The maximum absolute atomic E-state index is 9.33. The van der Waals surface area contributed by atoms with Crippen LogP contribution in [0.5, 0.6) is 0 Å². The monoisotopic (exact) mass is 239 g/mol.